The number of hydrogen-bond acceptors (Lipinski definition) is 3. The van der Waals surface area contributed by atoms with Gasteiger partial charge in [-0.1, -0.05) is 0 Å². The van der Waals surface area contributed by atoms with E-state index in [1.807, 2.05) is 4.90 Å². The first-order chi connectivity index (χ1) is 6.75. The number of carbonyl (C=O) groups excluding carboxylic acids is 1. The fourth-order valence-electron chi connectivity index (χ4n) is 2.37. The topological polar surface area (TPSA) is 58.4 Å². The highest BCUT2D eigenvalue weighted by atomic mass is 16.2. The average Bonchev–Trinajstić information content (AvgIpc) is 2.47. The zero-order chi connectivity index (χ0) is 9.97. The van der Waals surface area contributed by atoms with Gasteiger partial charge in [-0.05, 0) is 31.8 Å². The number of piperidine rings is 1. The Morgan fingerprint density at radius 1 is 1.57 bits per heavy atom. The van der Waals surface area contributed by atoms with Crippen LogP contribution in [0.25, 0.3) is 0 Å². The van der Waals surface area contributed by atoms with Gasteiger partial charge in [0.1, 0.15) is 0 Å². The van der Waals surface area contributed by atoms with Crippen LogP contribution in [0.1, 0.15) is 19.3 Å². The van der Waals surface area contributed by atoms with Crippen molar-refractivity contribution in [2.45, 2.75) is 25.3 Å². The number of amides is 1. The van der Waals surface area contributed by atoms with Crippen LogP contribution in [-0.2, 0) is 4.79 Å². The second kappa shape index (κ2) is 4.28. The number of carbonyl (C=O) groups is 1. The molecule has 0 radical (unpaired) electrons. The van der Waals surface area contributed by atoms with E-state index in [-0.39, 0.29) is 11.9 Å². The van der Waals surface area contributed by atoms with Gasteiger partial charge in [0.2, 0.25) is 5.91 Å². The Balaban J connectivity index is 1.81. The van der Waals surface area contributed by atoms with E-state index in [0.29, 0.717) is 12.3 Å². The summed E-state index contributed by atoms with van der Waals surface area (Å²) in [5.41, 5.74) is 5.74. The van der Waals surface area contributed by atoms with Crippen molar-refractivity contribution in [1.29, 1.82) is 0 Å². The van der Waals surface area contributed by atoms with Gasteiger partial charge in [0.25, 0.3) is 0 Å². The highest BCUT2D eigenvalue weighted by molar-refractivity contribution is 5.79. The zero-order valence-electron chi connectivity index (χ0n) is 8.54. The molecule has 2 fully saturated rings. The maximum atomic E-state index is 11.5. The summed E-state index contributed by atoms with van der Waals surface area (Å²) in [6.07, 6.45) is 3.02. The molecule has 2 unspecified atom stereocenters. The molecule has 2 aliphatic rings. The molecular weight excluding hydrogens is 178 g/mol. The molecule has 0 saturated carbocycles. The van der Waals surface area contributed by atoms with E-state index in [0.717, 1.165) is 26.2 Å². The molecular formula is C10H19N3O. The number of nitrogens with one attached hydrogen (secondary N) is 1. The van der Waals surface area contributed by atoms with E-state index in [2.05, 4.69) is 5.32 Å². The van der Waals surface area contributed by atoms with Gasteiger partial charge >= 0.3 is 0 Å². The fraction of sp³-hybridized carbons (Fsp3) is 0.900. The second-order valence-electron chi connectivity index (χ2n) is 4.48. The summed E-state index contributed by atoms with van der Waals surface area (Å²) in [6.45, 7) is 3.85. The van der Waals surface area contributed by atoms with Crippen LogP contribution in [0.5, 0.6) is 0 Å². The summed E-state index contributed by atoms with van der Waals surface area (Å²) >= 11 is 0. The summed E-state index contributed by atoms with van der Waals surface area (Å²) in [6, 6.07) is 0.0686. The molecule has 0 aromatic heterocycles. The second-order valence-corrected chi connectivity index (χ2v) is 4.48. The Hall–Kier alpha value is -0.610. The standard InChI is InChI=1S/C10H19N3O/c11-9-4-10(14)13(7-9)6-8-2-1-3-12-5-8/h8-9,12H,1-7,11H2. The van der Waals surface area contributed by atoms with E-state index < -0.39 is 0 Å². The minimum Gasteiger partial charge on any atom is -0.341 e. The van der Waals surface area contributed by atoms with Gasteiger partial charge in [0, 0.05) is 25.6 Å². The molecule has 2 aliphatic heterocycles. The van der Waals surface area contributed by atoms with Crippen molar-refractivity contribution in [2.24, 2.45) is 11.7 Å². The molecule has 0 spiro atoms. The SMILES string of the molecule is NC1CC(=O)N(CC2CCCNC2)C1. The van der Waals surface area contributed by atoms with Crippen molar-refractivity contribution < 1.29 is 4.79 Å². The Kier molecular flexibility index (Phi) is 3.03. The number of nitrogens with two attached hydrogens (primary N) is 1. The van der Waals surface area contributed by atoms with E-state index in [1.54, 1.807) is 0 Å². The van der Waals surface area contributed by atoms with Crippen LogP contribution in [0.15, 0.2) is 0 Å². The predicted molar refractivity (Wildman–Crippen MR) is 54.8 cm³/mol. The van der Waals surface area contributed by atoms with E-state index in [4.69, 9.17) is 5.73 Å². The average molecular weight is 197 g/mol. The van der Waals surface area contributed by atoms with E-state index >= 15 is 0 Å². The van der Waals surface area contributed by atoms with Crippen LogP contribution in [0.2, 0.25) is 0 Å². The predicted octanol–water partition coefficient (Wildman–Crippen LogP) is -0.454. The van der Waals surface area contributed by atoms with Crippen LogP contribution in [0.3, 0.4) is 0 Å². The summed E-state index contributed by atoms with van der Waals surface area (Å²) in [4.78, 5) is 13.4. The third-order valence-corrected chi connectivity index (χ3v) is 3.12. The summed E-state index contributed by atoms with van der Waals surface area (Å²) in [5.74, 6) is 0.876. The molecule has 0 aliphatic carbocycles. The molecule has 2 saturated heterocycles. The summed E-state index contributed by atoms with van der Waals surface area (Å²) in [5, 5.41) is 3.37. The summed E-state index contributed by atoms with van der Waals surface area (Å²) < 4.78 is 0. The molecule has 4 nitrogen and oxygen atoms in total. The molecule has 0 bridgehead atoms. The van der Waals surface area contributed by atoms with Crippen molar-refractivity contribution in [3.8, 4) is 0 Å². The lowest BCUT2D eigenvalue weighted by Gasteiger charge is -2.27. The molecule has 2 rings (SSSR count). The number of hydrogen-bond donors (Lipinski definition) is 2. The molecule has 0 aromatic rings. The third-order valence-electron chi connectivity index (χ3n) is 3.12. The van der Waals surface area contributed by atoms with Crippen LogP contribution in [0, 0.1) is 5.92 Å². The molecule has 80 valence electrons. The number of likely N-dealkylation sites (tertiary alicyclic amines) is 1. The minimum atomic E-state index is 0.0686. The van der Waals surface area contributed by atoms with Gasteiger partial charge in [-0.3, -0.25) is 4.79 Å². The van der Waals surface area contributed by atoms with Crippen molar-refractivity contribution >= 4 is 5.91 Å². The normalized spacial score (nSPS) is 33.8. The zero-order valence-corrected chi connectivity index (χ0v) is 8.54. The lowest BCUT2D eigenvalue weighted by Crippen LogP contribution is -2.39. The highest BCUT2D eigenvalue weighted by Gasteiger charge is 2.28. The highest BCUT2D eigenvalue weighted by Crippen LogP contribution is 2.16. The molecule has 14 heavy (non-hydrogen) atoms. The van der Waals surface area contributed by atoms with Crippen LogP contribution in [0.4, 0.5) is 0 Å². The fourth-order valence-corrected chi connectivity index (χ4v) is 2.37. The Labute approximate surface area is 84.8 Å². The van der Waals surface area contributed by atoms with Gasteiger partial charge in [0.05, 0.1) is 0 Å². The lowest BCUT2D eigenvalue weighted by molar-refractivity contribution is -0.128. The first-order valence-corrected chi connectivity index (χ1v) is 5.50. The number of rotatable bonds is 2. The first kappa shape index (κ1) is 9.93. The van der Waals surface area contributed by atoms with Crippen LogP contribution in [-0.4, -0.2) is 43.0 Å². The van der Waals surface area contributed by atoms with Crippen LogP contribution >= 0.6 is 0 Å². The minimum absolute atomic E-state index is 0.0686. The molecule has 3 N–H and O–H groups in total. The van der Waals surface area contributed by atoms with E-state index in [9.17, 15) is 4.79 Å². The summed E-state index contributed by atoms with van der Waals surface area (Å²) in [7, 11) is 0. The van der Waals surface area contributed by atoms with Crippen LogP contribution < -0.4 is 11.1 Å². The van der Waals surface area contributed by atoms with Gasteiger partial charge < -0.3 is 16.0 Å². The maximum Gasteiger partial charge on any atom is 0.224 e. The van der Waals surface area contributed by atoms with Gasteiger partial charge in [-0.15, -0.1) is 0 Å². The Morgan fingerprint density at radius 3 is 3.00 bits per heavy atom. The smallest absolute Gasteiger partial charge is 0.224 e. The monoisotopic (exact) mass is 197 g/mol. The Bertz CT molecular complexity index is 213. The Morgan fingerprint density at radius 2 is 2.43 bits per heavy atom. The molecule has 1 amide bonds. The van der Waals surface area contributed by atoms with Crippen molar-refractivity contribution in [3.63, 3.8) is 0 Å². The maximum absolute atomic E-state index is 11.5. The van der Waals surface area contributed by atoms with Gasteiger partial charge in [-0.25, -0.2) is 0 Å². The first-order valence-electron chi connectivity index (χ1n) is 5.50. The van der Waals surface area contributed by atoms with Crippen molar-refractivity contribution in [3.05, 3.63) is 0 Å². The quantitative estimate of drug-likeness (QED) is 0.630. The molecule has 2 atom stereocenters. The number of nitrogens with zero attached hydrogens (tertiary/aromatic N) is 1. The van der Waals surface area contributed by atoms with Crippen molar-refractivity contribution in [1.82, 2.24) is 10.2 Å². The van der Waals surface area contributed by atoms with Gasteiger partial charge in [-0.2, -0.15) is 0 Å². The largest absolute Gasteiger partial charge is 0.341 e. The molecule has 2 heterocycles. The van der Waals surface area contributed by atoms with E-state index in [1.165, 1.54) is 12.8 Å². The van der Waals surface area contributed by atoms with Gasteiger partial charge in [0.15, 0.2) is 0 Å². The molecule has 0 aromatic carbocycles. The third kappa shape index (κ3) is 2.25. The molecule has 4 heteroatoms. The lowest BCUT2D eigenvalue weighted by atomic mass is 9.99. The van der Waals surface area contributed by atoms with Crippen molar-refractivity contribution in [2.75, 3.05) is 26.2 Å².